The number of halogens is 2. The molecule has 0 unspecified atom stereocenters. The zero-order valence-corrected chi connectivity index (χ0v) is 8.99. The molecule has 0 heterocycles. The fourth-order valence-corrected chi connectivity index (χ4v) is 1.28. The molecule has 3 nitrogen and oxygen atoms in total. The van der Waals surface area contributed by atoms with Gasteiger partial charge in [0.1, 0.15) is 5.75 Å². The van der Waals surface area contributed by atoms with Gasteiger partial charge in [-0.1, -0.05) is 18.2 Å². The van der Waals surface area contributed by atoms with Crippen LogP contribution in [0.5, 0.6) is 5.75 Å². The van der Waals surface area contributed by atoms with Gasteiger partial charge in [0.05, 0.1) is 6.10 Å². The number of benzene rings is 1. The highest BCUT2D eigenvalue weighted by molar-refractivity contribution is 5.33. The van der Waals surface area contributed by atoms with Crippen molar-refractivity contribution in [3.05, 3.63) is 29.8 Å². The second-order valence-corrected chi connectivity index (χ2v) is 3.47. The van der Waals surface area contributed by atoms with E-state index in [1.807, 2.05) is 0 Å². The van der Waals surface area contributed by atoms with Crippen LogP contribution in [0.3, 0.4) is 0 Å². The molecule has 1 aromatic rings. The number of hydrogen-bond acceptors (Lipinski definition) is 3. The number of ether oxygens (including phenoxy) is 1. The van der Waals surface area contributed by atoms with Gasteiger partial charge in [0.25, 0.3) is 0 Å². The minimum absolute atomic E-state index is 0.163. The summed E-state index contributed by atoms with van der Waals surface area (Å²) in [7, 11) is 0. The van der Waals surface area contributed by atoms with E-state index in [9.17, 15) is 8.78 Å². The van der Waals surface area contributed by atoms with Crippen LogP contribution in [0.25, 0.3) is 0 Å². The highest BCUT2D eigenvalue weighted by Gasteiger charge is 2.08. The zero-order chi connectivity index (χ0) is 12.0. The number of para-hydroxylation sites is 1. The predicted octanol–water partition coefficient (Wildman–Crippen LogP) is 1.76. The van der Waals surface area contributed by atoms with Gasteiger partial charge in [0.15, 0.2) is 0 Å². The maximum atomic E-state index is 12.1. The van der Waals surface area contributed by atoms with Crippen LogP contribution in [0.1, 0.15) is 12.5 Å². The van der Waals surface area contributed by atoms with Crippen molar-refractivity contribution >= 4 is 0 Å². The number of hydrogen-bond donors (Lipinski definition) is 2. The lowest BCUT2D eigenvalue weighted by molar-refractivity contribution is -0.0505. The predicted molar refractivity (Wildman–Crippen MR) is 56.5 cm³/mol. The van der Waals surface area contributed by atoms with Crippen LogP contribution in [0.2, 0.25) is 0 Å². The summed E-state index contributed by atoms with van der Waals surface area (Å²) in [5.74, 6) is 0.163. The molecule has 90 valence electrons. The molecule has 1 atom stereocenters. The van der Waals surface area contributed by atoms with Crippen LogP contribution < -0.4 is 10.1 Å². The van der Waals surface area contributed by atoms with Gasteiger partial charge in [-0.15, -0.1) is 0 Å². The normalized spacial score (nSPS) is 12.8. The minimum Gasteiger partial charge on any atom is -0.434 e. The van der Waals surface area contributed by atoms with Crippen molar-refractivity contribution in [3.63, 3.8) is 0 Å². The molecule has 0 saturated heterocycles. The third-order valence-electron chi connectivity index (χ3n) is 1.94. The van der Waals surface area contributed by atoms with Crippen molar-refractivity contribution < 1.29 is 18.6 Å². The van der Waals surface area contributed by atoms with Crippen LogP contribution >= 0.6 is 0 Å². The van der Waals surface area contributed by atoms with Crippen LogP contribution in [-0.2, 0) is 6.54 Å². The molecular weight excluding hydrogens is 216 g/mol. The van der Waals surface area contributed by atoms with E-state index in [-0.39, 0.29) is 5.75 Å². The van der Waals surface area contributed by atoms with Gasteiger partial charge >= 0.3 is 6.61 Å². The Morgan fingerprint density at radius 2 is 2.06 bits per heavy atom. The first-order valence-corrected chi connectivity index (χ1v) is 5.01. The summed E-state index contributed by atoms with van der Waals surface area (Å²) in [6, 6.07) is 6.58. The topological polar surface area (TPSA) is 41.5 Å². The number of aliphatic hydroxyl groups is 1. The van der Waals surface area contributed by atoms with Gasteiger partial charge in [-0.25, -0.2) is 0 Å². The van der Waals surface area contributed by atoms with E-state index < -0.39 is 12.7 Å². The van der Waals surface area contributed by atoms with Crippen molar-refractivity contribution in [2.75, 3.05) is 6.54 Å². The first-order chi connectivity index (χ1) is 7.59. The second-order valence-electron chi connectivity index (χ2n) is 3.47. The minimum atomic E-state index is -2.82. The van der Waals surface area contributed by atoms with E-state index in [1.165, 1.54) is 6.07 Å². The summed E-state index contributed by atoms with van der Waals surface area (Å²) in [5, 5.41) is 12.0. The summed E-state index contributed by atoms with van der Waals surface area (Å²) >= 11 is 0. The second kappa shape index (κ2) is 6.40. The molecule has 1 aromatic carbocycles. The largest absolute Gasteiger partial charge is 0.434 e. The Labute approximate surface area is 93.0 Å². The van der Waals surface area contributed by atoms with E-state index in [0.717, 1.165) is 0 Å². The molecule has 0 aromatic heterocycles. The molecule has 0 aliphatic carbocycles. The summed E-state index contributed by atoms with van der Waals surface area (Å²) in [6.45, 7) is -0.385. The number of aliphatic hydroxyl groups excluding tert-OH is 1. The zero-order valence-electron chi connectivity index (χ0n) is 8.99. The summed E-state index contributed by atoms with van der Waals surface area (Å²) in [5.41, 5.74) is 0.642. The van der Waals surface area contributed by atoms with E-state index in [0.29, 0.717) is 18.7 Å². The van der Waals surface area contributed by atoms with Gasteiger partial charge in [0, 0.05) is 18.7 Å². The Kier molecular flexibility index (Phi) is 5.14. The van der Waals surface area contributed by atoms with E-state index in [2.05, 4.69) is 10.1 Å². The van der Waals surface area contributed by atoms with Crippen molar-refractivity contribution in [3.8, 4) is 5.75 Å². The molecule has 16 heavy (non-hydrogen) atoms. The third kappa shape index (κ3) is 4.55. The summed E-state index contributed by atoms with van der Waals surface area (Å²) in [4.78, 5) is 0. The van der Waals surface area contributed by atoms with Gasteiger partial charge in [-0.05, 0) is 13.0 Å². The maximum absolute atomic E-state index is 12.1. The van der Waals surface area contributed by atoms with Crippen LogP contribution in [0.4, 0.5) is 8.78 Å². The van der Waals surface area contributed by atoms with E-state index in [1.54, 1.807) is 25.1 Å². The van der Waals surface area contributed by atoms with Gasteiger partial charge < -0.3 is 15.2 Å². The number of nitrogens with one attached hydrogen (secondary N) is 1. The Balaban J connectivity index is 2.56. The third-order valence-corrected chi connectivity index (χ3v) is 1.94. The van der Waals surface area contributed by atoms with Crippen LogP contribution in [0.15, 0.2) is 24.3 Å². The molecule has 0 saturated carbocycles. The Morgan fingerprint density at radius 3 is 2.69 bits per heavy atom. The SMILES string of the molecule is C[C@@H](O)CNCc1ccccc1OC(F)F. The maximum Gasteiger partial charge on any atom is 0.387 e. The molecule has 5 heteroatoms. The molecule has 0 spiro atoms. The molecule has 0 aliphatic rings. The molecule has 0 fully saturated rings. The highest BCUT2D eigenvalue weighted by atomic mass is 19.3. The average molecular weight is 231 g/mol. The fraction of sp³-hybridized carbons (Fsp3) is 0.455. The quantitative estimate of drug-likeness (QED) is 0.783. The monoisotopic (exact) mass is 231 g/mol. The first-order valence-electron chi connectivity index (χ1n) is 5.01. The fourth-order valence-electron chi connectivity index (χ4n) is 1.28. The lowest BCUT2D eigenvalue weighted by atomic mass is 10.2. The molecule has 0 bridgehead atoms. The van der Waals surface area contributed by atoms with Crippen molar-refractivity contribution in [1.82, 2.24) is 5.32 Å². The smallest absolute Gasteiger partial charge is 0.387 e. The molecule has 0 amide bonds. The Bertz CT molecular complexity index is 319. The molecule has 0 aliphatic heterocycles. The van der Waals surface area contributed by atoms with Crippen LogP contribution in [0, 0.1) is 0 Å². The number of alkyl halides is 2. The molecule has 2 N–H and O–H groups in total. The molecule has 1 rings (SSSR count). The Hall–Kier alpha value is -1.20. The lowest BCUT2D eigenvalue weighted by Gasteiger charge is -2.11. The van der Waals surface area contributed by atoms with E-state index in [4.69, 9.17) is 5.11 Å². The highest BCUT2D eigenvalue weighted by Crippen LogP contribution is 2.19. The van der Waals surface area contributed by atoms with Crippen molar-refractivity contribution in [1.29, 1.82) is 0 Å². The first kappa shape index (κ1) is 12.9. The summed E-state index contributed by atoms with van der Waals surface area (Å²) < 4.78 is 28.5. The lowest BCUT2D eigenvalue weighted by Crippen LogP contribution is -2.24. The standard InChI is InChI=1S/C11H15F2NO2/c1-8(15)6-14-7-9-4-2-3-5-10(9)16-11(12)13/h2-5,8,11,14-15H,6-7H2,1H3/t8-/m1/s1. The molecular formula is C11H15F2NO2. The van der Waals surface area contributed by atoms with Crippen molar-refractivity contribution in [2.45, 2.75) is 26.2 Å². The van der Waals surface area contributed by atoms with Gasteiger partial charge in [0.2, 0.25) is 0 Å². The summed E-state index contributed by atoms with van der Waals surface area (Å²) in [6.07, 6.45) is -0.469. The van der Waals surface area contributed by atoms with Crippen LogP contribution in [-0.4, -0.2) is 24.4 Å². The average Bonchev–Trinajstić information content (AvgIpc) is 2.19. The van der Waals surface area contributed by atoms with Gasteiger partial charge in [-0.2, -0.15) is 8.78 Å². The van der Waals surface area contributed by atoms with Gasteiger partial charge in [-0.3, -0.25) is 0 Å². The van der Waals surface area contributed by atoms with E-state index >= 15 is 0 Å². The molecule has 0 radical (unpaired) electrons. The Morgan fingerprint density at radius 1 is 1.38 bits per heavy atom. The number of rotatable bonds is 6. The van der Waals surface area contributed by atoms with Crippen molar-refractivity contribution in [2.24, 2.45) is 0 Å².